The maximum atomic E-state index is 13.1. The SMILES string of the molecule is Cc1cccc(-n2nc(C(F)(F)F)cc2-c2ccc(Cl)cc2)c1. The van der Waals surface area contributed by atoms with Gasteiger partial charge in [0.25, 0.3) is 0 Å². The highest BCUT2D eigenvalue weighted by molar-refractivity contribution is 6.30. The van der Waals surface area contributed by atoms with Gasteiger partial charge in [0.15, 0.2) is 5.69 Å². The second-order valence-corrected chi connectivity index (χ2v) is 5.61. The summed E-state index contributed by atoms with van der Waals surface area (Å²) in [6.07, 6.45) is -4.50. The summed E-state index contributed by atoms with van der Waals surface area (Å²) >= 11 is 5.85. The lowest BCUT2D eigenvalue weighted by atomic mass is 10.1. The maximum absolute atomic E-state index is 13.1. The van der Waals surface area contributed by atoms with Crippen LogP contribution in [0.1, 0.15) is 11.3 Å². The van der Waals surface area contributed by atoms with E-state index in [0.717, 1.165) is 11.6 Å². The lowest BCUT2D eigenvalue weighted by Gasteiger charge is -2.08. The van der Waals surface area contributed by atoms with Crippen LogP contribution >= 0.6 is 11.6 Å². The van der Waals surface area contributed by atoms with E-state index in [1.165, 1.54) is 4.68 Å². The average molecular weight is 337 g/mol. The normalized spacial score (nSPS) is 11.7. The van der Waals surface area contributed by atoms with Crippen LogP contribution in [-0.4, -0.2) is 9.78 Å². The highest BCUT2D eigenvalue weighted by Crippen LogP contribution is 2.33. The number of aryl methyl sites for hydroxylation is 1. The number of alkyl halides is 3. The lowest BCUT2D eigenvalue weighted by Crippen LogP contribution is -2.07. The lowest BCUT2D eigenvalue weighted by molar-refractivity contribution is -0.141. The fourth-order valence-corrected chi connectivity index (χ4v) is 2.43. The Morgan fingerprint density at radius 3 is 2.30 bits per heavy atom. The summed E-state index contributed by atoms with van der Waals surface area (Å²) in [7, 11) is 0. The zero-order valence-electron chi connectivity index (χ0n) is 12.1. The van der Waals surface area contributed by atoms with E-state index in [-0.39, 0.29) is 0 Å². The van der Waals surface area contributed by atoms with Gasteiger partial charge in [-0.1, -0.05) is 35.9 Å². The smallest absolute Gasteiger partial charge is 0.232 e. The number of hydrogen-bond acceptors (Lipinski definition) is 1. The zero-order chi connectivity index (χ0) is 16.6. The standard InChI is InChI=1S/C17H12ClF3N2/c1-11-3-2-4-14(9-11)23-15(10-16(22-23)17(19,20)21)12-5-7-13(18)8-6-12/h2-10H,1H3. The molecule has 1 aromatic heterocycles. The molecule has 0 saturated carbocycles. The van der Waals surface area contributed by atoms with Crippen LogP contribution in [0.5, 0.6) is 0 Å². The third-order valence-corrected chi connectivity index (χ3v) is 3.64. The first-order valence-corrected chi connectivity index (χ1v) is 7.22. The summed E-state index contributed by atoms with van der Waals surface area (Å²) in [4.78, 5) is 0. The minimum atomic E-state index is -4.50. The molecule has 6 heteroatoms. The fourth-order valence-electron chi connectivity index (χ4n) is 2.30. The zero-order valence-corrected chi connectivity index (χ0v) is 12.9. The van der Waals surface area contributed by atoms with E-state index < -0.39 is 11.9 Å². The van der Waals surface area contributed by atoms with Crippen molar-refractivity contribution >= 4 is 11.6 Å². The van der Waals surface area contributed by atoms with Gasteiger partial charge in [0.05, 0.1) is 11.4 Å². The molecule has 3 aromatic rings. The first-order chi connectivity index (χ1) is 10.8. The van der Waals surface area contributed by atoms with Gasteiger partial charge in [0.2, 0.25) is 0 Å². The van der Waals surface area contributed by atoms with Crippen LogP contribution in [0.4, 0.5) is 13.2 Å². The maximum Gasteiger partial charge on any atom is 0.435 e. The molecule has 0 aliphatic rings. The van der Waals surface area contributed by atoms with Crippen LogP contribution in [0.15, 0.2) is 54.6 Å². The number of aromatic nitrogens is 2. The van der Waals surface area contributed by atoms with E-state index in [4.69, 9.17) is 11.6 Å². The molecule has 0 fully saturated rings. The molecular weight excluding hydrogens is 325 g/mol. The van der Waals surface area contributed by atoms with E-state index >= 15 is 0 Å². The molecule has 0 radical (unpaired) electrons. The van der Waals surface area contributed by atoms with Gasteiger partial charge in [-0.05, 0) is 42.8 Å². The van der Waals surface area contributed by atoms with E-state index in [2.05, 4.69) is 5.10 Å². The first-order valence-electron chi connectivity index (χ1n) is 6.85. The second kappa shape index (κ2) is 5.74. The van der Waals surface area contributed by atoms with Gasteiger partial charge in [-0.25, -0.2) is 4.68 Å². The topological polar surface area (TPSA) is 17.8 Å². The van der Waals surface area contributed by atoms with E-state index in [9.17, 15) is 13.2 Å². The van der Waals surface area contributed by atoms with Crippen LogP contribution in [0, 0.1) is 6.92 Å². The Morgan fingerprint density at radius 1 is 1.00 bits per heavy atom. The van der Waals surface area contributed by atoms with Gasteiger partial charge in [-0.2, -0.15) is 18.3 Å². The van der Waals surface area contributed by atoms with Crippen molar-refractivity contribution in [1.82, 2.24) is 9.78 Å². The van der Waals surface area contributed by atoms with Gasteiger partial charge in [0.1, 0.15) is 0 Å². The Hall–Kier alpha value is -2.27. The molecule has 3 rings (SSSR count). The van der Waals surface area contributed by atoms with Crippen LogP contribution in [0.2, 0.25) is 5.02 Å². The summed E-state index contributed by atoms with van der Waals surface area (Å²) in [5.41, 5.74) is 1.56. The van der Waals surface area contributed by atoms with Crippen molar-refractivity contribution < 1.29 is 13.2 Å². The number of hydrogen-bond donors (Lipinski definition) is 0. The summed E-state index contributed by atoms with van der Waals surface area (Å²) < 4.78 is 40.5. The summed E-state index contributed by atoms with van der Waals surface area (Å²) in [5.74, 6) is 0. The molecule has 0 bridgehead atoms. The van der Waals surface area contributed by atoms with Crippen molar-refractivity contribution in [3.05, 3.63) is 70.9 Å². The Morgan fingerprint density at radius 2 is 1.70 bits per heavy atom. The minimum absolute atomic E-state index is 0.361. The molecule has 0 atom stereocenters. The predicted molar refractivity (Wildman–Crippen MR) is 83.7 cm³/mol. The Kier molecular flexibility index (Phi) is 3.90. The summed E-state index contributed by atoms with van der Waals surface area (Å²) in [6.45, 7) is 1.87. The van der Waals surface area contributed by atoms with Gasteiger partial charge in [-0.15, -0.1) is 0 Å². The predicted octanol–water partition coefficient (Wildman–Crippen LogP) is 5.52. The summed E-state index contributed by atoms with van der Waals surface area (Å²) in [6, 6.07) is 14.8. The molecule has 0 unspecified atom stereocenters. The third-order valence-electron chi connectivity index (χ3n) is 3.39. The molecule has 0 N–H and O–H groups in total. The second-order valence-electron chi connectivity index (χ2n) is 5.17. The molecular formula is C17H12ClF3N2. The van der Waals surface area contributed by atoms with Crippen LogP contribution in [0.25, 0.3) is 16.9 Å². The van der Waals surface area contributed by atoms with Gasteiger partial charge < -0.3 is 0 Å². The monoisotopic (exact) mass is 336 g/mol. The molecule has 0 aliphatic carbocycles. The highest BCUT2D eigenvalue weighted by atomic mass is 35.5. The largest absolute Gasteiger partial charge is 0.435 e. The minimum Gasteiger partial charge on any atom is -0.232 e. The number of benzene rings is 2. The van der Waals surface area contributed by atoms with Crippen LogP contribution < -0.4 is 0 Å². The third kappa shape index (κ3) is 3.24. The Balaban J connectivity index is 2.21. The van der Waals surface area contributed by atoms with Crippen molar-refractivity contribution in [2.45, 2.75) is 13.1 Å². The average Bonchev–Trinajstić information content (AvgIpc) is 2.93. The van der Waals surface area contributed by atoms with Crippen molar-refractivity contribution in [3.8, 4) is 16.9 Å². The van der Waals surface area contributed by atoms with Crippen molar-refractivity contribution in [2.75, 3.05) is 0 Å². The van der Waals surface area contributed by atoms with E-state index in [1.807, 2.05) is 13.0 Å². The van der Waals surface area contributed by atoms with Gasteiger partial charge >= 0.3 is 6.18 Å². The van der Waals surface area contributed by atoms with E-state index in [1.54, 1.807) is 42.5 Å². The van der Waals surface area contributed by atoms with Crippen molar-refractivity contribution in [3.63, 3.8) is 0 Å². The van der Waals surface area contributed by atoms with Crippen LogP contribution in [0.3, 0.4) is 0 Å². The number of nitrogens with zero attached hydrogens (tertiary/aromatic N) is 2. The number of halogens is 4. The van der Waals surface area contributed by atoms with Gasteiger partial charge in [0, 0.05) is 10.6 Å². The molecule has 0 amide bonds. The van der Waals surface area contributed by atoms with Gasteiger partial charge in [-0.3, -0.25) is 0 Å². The molecule has 0 saturated heterocycles. The summed E-state index contributed by atoms with van der Waals surface area (Å²) in [5, 5.41) is 4.27. The molecule has 2 aromatic carbocycles. The fraction of sp³-hybridized carbons (Fsp3) is 0.118. The molecule has 0 spiro atoms. The Bertz CT molecular complexity index is 836. The van der Waals surface area contributed by atoms with Crippen molar-refractivity contribution in [1.29, 1.82) is 0 Å². The van der Waals surface area contributed by atoms with Crippen LogP contribution in [-0.2, 0) is 6.18 Å². The highest BCUT2D eigenvalue weighted by Gasteiger charge is 2.35. The molecule has 0 aliphatic heterocycles. The first kappa shape index (κ1) is 15.6. The molecule has 2 nitrogen and oxygen atoms in total. The van der Waals surface area contributed by atoms with Crippen molar-refractivity contribution in [2.24, 2.45) is 0 Å². The quantitative estimate of drug-likeness (QED) is 0.602. The molecule has 1 heterocycles. The van der Waals surface area contributed by atoms with E-state index in [0.29, 0.717) is 22.0 Å². The molecule has 23 heavy (non-hydrogen) atoms. The number of rotatable bonds is 2. The Labute approximate surface area is 136 Å². The molecule has 118 valence electrons.